The van der Waals surface area contributed by atoms with Crippen LogP contribution in [0.25, 0.3) is 10.8 Å². The molecule has 0 atom stereocenters. The van der Waals surface area contributed by atoms with Crippen molar-refractivity contribution in [3.63, 3.8) is 0 Å². The van der Waals surface area contributed by atoms with Crippen LogP contribution in [0.3, 0.4) is 0 Å². The Kier molecular flexibility index (Phi) is 3.44. The van der Waals surface area contributed by atoms with Crippen molar-refractivity contribution in [1.29, 1.82) is 0 Å². The minimum absolute atomic E-state index is 0.0186. The molecule has 0 bridgehead atoms. The van der Waals surface area contributed by atoms with Gasteiger partial charge in [0.05, 0.1) is 7.11 Å². The molecule has 0 unspecified atom stereocenters. The van der Waals surface area contributed by atoms with Crippen LogP contribution in [0.1, 0.15) is 21.5 Å². The monoisotopic (exact) mass is 276 g/mol. The lowest BCUT2D eigenvalue weighted by Crippen LogP contribution is -2.03. The molecule has 0 fully saturated rings. The number of hydrogen-bond donors (Lipinski definition) is 0. The number of methoxy groups -OCH3 is 1. The van der Waals surface area contributed by atoms with Gasteiger partial charge in [-0.1, -0.05) is 54.1 Å². The van der Waals surface area contributed by atoms with Crippen molar-refractivity contribution in [3.05, 3.63) is 77.4 Å². The highest BCUT2D eigenvalue weighted by molar-refractivity contribution is 6.16. The predicted octanol–water partition coefficient (Wildman–Crippen LogP) is 4.39. The summed E-state index contributed by atoms with van der Waals surface area (Å²) in [6, 6.07) is 19.3. The lowest BCUT2D eigenvalue weighted by Gasteiger charge is -2.09. The second-order valence-corrected chi connectivity index (χ2v) is 5.09. The maximum absolute atomic E-state index is 12.8. The molecule has 21 heavy (non-hydrogen) atoms. The fourth-order valence-corrected chi connectivity index (χ4v) is 2.45. The quantitative estimate of drug-likeness (QED) is 0.663. The number of aryl methyl sites for hydroxylation is 1. The molecule has 0 aliphatic carbocycles. The Bertz CT molecular complexity index is 801. The van der Waals surface area contributed by atoms with Gasteiger partial charge in [0.2, 0.25) is 0 Å². The number of carbonyl (C=O) groups is 1. The van der Waals surface area contributed by atoms with E-state index in [4.69, 9.17) is 4.74 Å². The van der Waals surface area contributed by atoms with E-state index in [1.165, 1.54) is 0 Å². The summed E-state index contributed by atoms with van der Waals surface area (Å²) < 4.78 is 5.32. The van der Waals surface area contributed by atoms with E-state index in [9.17, 15) is 4.79 Å². The largest absolute Gasteiger partial charge is 0.497 e. The normalized spacial score (nSPS) is 10.6. The summed E-state index contributed by atoms with van der Waals surface area (Å²) in [5.41, 5.74) is 2.51. The first kappa shape index (κ1) is 13.4. The van der Waals surface area contributed by atoms with Crippen LogP contribution >= 0.6 is 0 Å². The Morgan fingerprint density at radius 1 is 0.952 bits per heavy atom. The Morgan fingerprint density at radius 3 is 2.38 bits per heavy atom. The molecule has 0 N–H and O–H groups in total. The van der Waals surface area contributed by atoms with Gasteiger partial charge in [-0.2, -0.15) is 0 Å². The fraction of sp³-hybridized carbons (Fsp3) is 0.105. The zero-order valence-electron chi connectivity index (χ0n) is 12.1. The van der Waals surface area contributed by atoms with Crippen LogP contribution in [-0.2, 0) is 0 Å². The van der Waals surface area contributed by atoms with E-state index < -0.39 is 0 Å². The molecule has 0 spiro atoms. The third-order valence-corrected chi connectivity index (χ3v) is 3.63. The summed E-state index contributed by atoms with van der Waals surface area (Å²) >= 11 is 0. The van der Waals surface area contributed by atoms with E-state index in [1.807, 2.05) is 67.6 Å². The van der Waals surface area contributed by atoms with Crippen LogP contribution < -0.4 is 4.74 Å². The van der Waals surface area contributed by atoms with Crippen molar-refractivity contribution in [2.75, 3.05) is 7.11 Å². The molecule has 0 saturated heterocycles. The van der Waals surface area contributed by atoms with Crippen LogP contribution in [0.4, 0.5) is 0 Å². The van der Waals surface area contributed by atoms with E-state index >= 15 is 0 Å². The number of rotatable bonds is 3. The van der Waals surface area contributed by atoms with Gasteiger partial charge in [-0.05, 0) is 29.8 Å². The first-order chi connectivity index (χ1) is 10.2. The summed E-state index contributed by atoms with van der Waals surface area (Å²) in [5.74, 6) is 0.717. The van der Waals surface area contributed by atoms with Gasteiger partial charge in [0.15, 0.2) is 5.78 Å². The highest BCUT2D eigenvalue weighted by Crippen LogP contribution is 2.27. The average molecular weight is 276 g/mol. The Hall–Kier alpha value is -2.61. The van der Waals surface area contributed by atoms with E-state index in [1.54, 1.807) is 7.11 Å². The molecule has 0 radical (unpaired) electrons. The maximum Gasteiger partial charge on any atom is 0.193 e. The minimum atomic E-state index is 0.0186. The van der Waals surface area contributed by atoms with Crippen molar-refractivity contribution in [2.24, 2.45) is 0 Å². The lowest BCUT2D eigenvalue weighted by molar-refractivity contribution is 0.104. The molecule has 2 nitrogen and oxygen atoms in total. The van der Waals surface area contributed by atoms with Crippen LogP contribution in [0.5, 0.6) is 5.75 Å². The van der Waals surface area contributed by atoms with Crippen LogP contribution in [0.15, 0.2) is 60.7 Å². The van der Waals surface area contributed by atoms with Crippen molar-refractivity contribution in [3.8, 4) is 5.75 Å². The third-order valence-electron chi connectivity index (χ3n) is 3.63. The summed E-state index contributed by atoms with van der Waals surface area (Å²) in [7, 11) is 1.62. The molecule has 0 aliphatic rings. The second kappa shape index (κ2) is 5.41. The maximum atomic E-state index is 12.8. The molecule has 0 amide bonds. The van der Waals surface area contributed by atoms with Gasteiger partial charge in [0.25, 0.3) is 0 Å². The average Bonchev–Trinajstić information content (AvgIpc) is 2.53. The first-order valence-electron chi connectivity index (χ1n) is 6.87. The van der Waals surface area contributed by atoms with Gasteiger partial charge >= 0.3 is 0 Å². The molecule has 2 heteroatoms. The van der Waals surface area contributed by atoms with Gasteiger partial charge < -0.3 is 4.74 Å². The van der Waals surface area contributed by atoms with Crippen LogP contribution in [0.2, 0.25) is 0 Å². The van der Waals surface area contributed by atoms with Gasteiger partial charge in [0.1, 0.15) is 5.75 Å². The first-order valence-corrected chi connectivity index (χ1v) is 6.87. The molecule has 3 aromatic carbocycles. The van der Waals surface area contributed by atoms with E-state index in [2.05, 4.69) is 0 Å². The van der Waals surface area contributed by atoms with Gasteiger partial charge in [-0.3, -0.25) is 4.79 Å². The standard InChI is InChI=1S/C19H16O2/c1-13-7-9-14(10-8-13)19(20)18-12-16(21-2)11-15-5-3-4-6-17(15)18/h3-12H,1-2H3. The third kappa shape index (κ3) is 2.52. The molecule has 0 aromatic heterocycles. The molecular formula is C19H16O2. The lowest BCUT2D eigenvalue weighted by atomic mass is 9.96. The Labute approximate surface area is 124 Å². The highest BCUT2D eigenvalue weighted by atomic mass is 16.5. The molecule has 0 saturated carbocycles. The van der Waals surface area contributed by atoms with Crippen LogP contribution in [0, 0.1) is 6.92 Å². The van der Waals surface area contributed by atoms with E-state index in [0.29, 0.717) is 16.9 Å². The van der Waals surface area contributed by atoms with E-state index in [0.717, 1.165) is 16.3 Å². The SMILES string of the molecule is COc1cc(C(=O)c2ccc(C)cc2)c2ccccc2c1. The summed E-state index contributed by atoms with van der Waals surface area (Å²) in [6.07, 6.45) is 0. The molecule has 0 heterocycles. The topological polar surface area (TPSA) is 26.3 Å². The number of ketones is 1. The zero-order valence-corrected chi connectivity index (χ0v) is 12.1. The van der Waals surface area contributed by atoms with Gasteiger partial charge in [0, 0.05) is 11.1 Å². The van der Waals surface area contributed by atoms with Crippen molar-refractivity contribution < 1.29 is 9.53 Å². The predicted molar refractivity (Wildman–Crippen MR) is 85.1 cm³/mol. The number of ether oxygens (including phenoxy) is 1. The Morgan fingerprint density at radius 2 is 1.67 bits per heavy atom. The van der Waals surface area contributed by atoms with Crippen LogP contribution in [-0.4, -0.2) is 12.9 Å². The summed E-state index contributed by atoms with van der Waals surface area (Å²) in [5, 5.41) is 1.95. The molecule has 0 aliphatic heterocycles. The Balaban J connectivity index is 2.18. The highest BCUT2D eigenvalue weighted by Gasteiger charge is 2.14. The van der Waals surface area contributed by atoms with Crippen molar-refractivity contribution >= 4 is 16.6 Å². The molecule has 3 rings (SSSR count). The summed E-state index contributed by atoms with van der Waals surface area (Å²) in [4.78, 5) is 12.8. The minimum Gasteiger partial charge on any atom is -0.497 e. The molecule has 104 valence electrons. The van der Waals surface area contributed by atoms with E-state index in [-0.39, 0.29) is 5.78 Å². The smallest absolute Gasteiger partial charge is 0.193 e. The molecule has 3 aromatic rings. The second-order valence-electron chi connectivity index (χ2n) is 5.09. The zero-order chi connectivity index (χ0) is 14.8. The molecular weight excluding hydrogens is 260 g/mol. The van der Waals surface area contributed by atoms with Gasteiger partial charge in [-0.15, -0.1) is 0 Å². The number of hydrogen-bond acceptors (Lipinski definition) is 2. The van der Waals surface area contributed by atoms with Gasteiger partial charge in [-0.25, -0.2) is 0 Å². The number of benzene rings is 3. The number of carbonyl (C=O) groups excluding carboxylic acids is 1. The van der Waals surface area contributed by atoms with Crippen molar-refractivity contribution in [1.82, 2.24) is 0 Å². The fourth-order valence-electron chi connectivity index (χ4n) is 2.45. The van der Waals surface area contributed by atoms with Crippen molar-refractivity contribution in [2.45, 2.75) is 6.92 Å². The summed E-state index contributed by atoms with van der Waals surface area (Å²) in [6.45, 7) is 2.01. The number of fused-ring (bicyclic) bond motifs is 1.